The molecule has 0 aliphatic heterocycles. The second-order valence-electron chi connectivity index (χ2n) is 3.71. The molecule has 2 aromatic rings. The number of hydrogen-bond donors (Lipinski definition) is 0. The zero-order valence-electron chi connectivity index (χ0n) is 9.69. The minimum absolute atomic E-state index is 0.0831. The lowest BCUT2D eigenvalue weighted by Gasteiger charge is -2.15. The first-order valence-corrected chi connectivity index (χ1v) is 5.46. The largest absolute Gasteiger partial charge is 0.461 e. The van der Waals surface area contributed by atoms with Gasteiger partial charge in [-0.05, 0) is 19.1 Å². The summed E-state index contributed by atoms with van der Waals surface area (Å²) in [6.45, 7) is 1.40. The van der Waals surface area contributed by atoms with Crippen LogP contribution in [0.4, 0.5) is 8.78 Å². The van der Waals surface area contributed by atoms with Gasteiger partial charge in [-0.2, -0.15) is 8.78 Å². The van der Waals surface area contributed by atoms with E-state index < -0.39 is 17.5 Å². The Balaban J connectivity index is 2.44. The maximum atomic E-state index is 13.8. The maximum absolute atomic E-state index is 13.8. The fraction of sp³-hybridized carbons (Fsp3) is 0.231. The van der Waals surface area contributed by atoms with Crippen molar-refractivity contribution >= 4 is 16.9 Å². The monoisotopic (exact) mass is 251 g/mol. The summed E-state index contributed by atoms with van der Waals surface area (Å²) < 4.78 is 31.9. The Hall–Kier alpha value is -2.04. The second-order valence-corrected chi connectivity index (χ2v) is 3.71. The molecule has 0 saturated heterocycles. The van der Waals surface area contributed by atoms with Gasteiger partial charge in [0.15, 0.2) is 0 Å². The third-order valence-electron chi connectivity index (χ3n) is 2.50. The highest BCUT2D eigenvalue weighted by Gasteiger charge is 2.42. The van der Waals surface area contributed by atoms with Crippen LogP contribution in [0.25, 0.3) is 10.9 Å². The molecule has 0 saturated carbocycles. The molecule has 5 heteroatoms. The molecule has 0 radical (unpaired) electrons. The highest BCUT2D eigenvalue weighted by atomic mass is 19.3. The van der Waals surface area contributed by atoms with Crippen LogP contribution in [0.5, 0.6) is 0 Å². The Morgan fingerprint density at radius 1 is 1.39 bits per heavy atom. The standard InChI is InChI=1S/C13H11F2NO2/c1-2-18-12(17)13(14,15)10-6-5-9-4-3-7-16-11(9)8-10/h3-8H,2H2,1H3. The van der Waals surface area contributed by atoms with Crippen molar-refractivity contribution in [3.63, 3.8) is 0 Å². The number of nitrogens with zero attached hydrogens (tertiary/aromatic N) is 1. The van der Waals surface area contributed by atoms with E-state index in [2.05, 4.69) is 9.72 Å². The highest BCUT2D eigenvalue weighted by Crippen LogP contribution is 2.31. The summed E-state index contributed by atoms with van der Waals surface area (Å²) in [6, 6.07) is 7.39. The number of hydrogen-bond acceptors (Lipinski definition) is 3. The van der Waals surface area contributed by atoms with Crippen molar-refractivity contribution in [3.05, 3.63) is 42.1 Å². The predicted molar refractivity (Wildman–Crippen MR) is 62.3 cm³/mol. The van der Waals surface area contributed by atoms with E-state index >= 15 is 0 Å². The Bertz CT molecular complexity index is 584. The summed E-state index contributed by atoms with van der Waals surface area (Å²) in [5.41, 5.74) is 0.00567. The van der Waals surface area contributed by atoms with Crippen LogP contribution in [-0.2, 0) is 15.5 Å². The molecule has 1 aromatic carbocycles. The lowest BCUT2D eigenvalue weighted by Crippen LogP contribution is -2.28. The summed E-state index contributed by atoms with van der Waals surface area (Å²) in [5, 5.41) is 0.737. The summed E-state index contributed by atoms with van der Waals surface area (Å²) in [6.07, 6.45) is 1.51. The van der Waals surface area contributed by atoms with Crippen LogP contribution in [0, 0.1) is 0 Å². The van der Waals surface area contributed by atoms with Gasteiger partial charge < -0.3 is 4.74 Å². The summed E-state index contributed by atoms with van der Waals surface area (Å²) >= 11 is 0. The smallest absolute Gasteiger partial charge is 0.381 e. The normalized spacial score (nSPS) is 11.5. The molecule has 1 heterocycles. The van der Waals surface area contributed by atoms with E-state index in [0.29, 0.717) is 5.52 Å². The van der Waals surface area contributed by atoms with Gasteiger partial charge in [0.1, 0.15) is 0 Å². The van der Waals surface area contributed by atoms with Crippen molar-refractivity contribution in [2.45, 2.75) is 12.8 Å². The first-order chi connectivity index (χ1) is 8.55. The van der Waals surface area contributed by atoms with E-state index in [1.165, 1.54) is 31.3 Å². The summed E-state index contributed by atoms with van der Waals surface area (Å²) in [5.74, 6) is -5.19. The third kappa shape index (κ3) is 2.16. The summed E-state index contributed by atoms with van der Waals surface area (Å²) in [4.78, 5) is 15.2. The quantitative estimate of drug-likeness (QED) is 0.787. The maximum Gasteiger partial charge on any atom is 0.381 e. The van der Waals surface area contributed by atoms with Crippen LogP contribution in [0.1, 0.15) is 12.5 Å². The zero-order chi connectivity index (χ0) is 13.2. The summed E-state index contributed by atoms with van der Waals surface area (Å²) in [7, 11) is 0. The lowest BCUT2D eigenvalue weighted by molar-refractivity contribution is -0.173. The van der Waals surface area contributed by atoms with Crippen LogP contribution in [0.2, 0.25) is 0 Å². The minimum atomic E-state index is -3.65. The van der Waals surface area contributed by atoms with Gasteiger partial charge in [-0.25, -0.2) is 4.79 Å². The molecule has 18 heavy (non-hydrogen) atoms. The molecule has 0 N–H and O–H groups in total. The first kappa shape index (κ1) is 12.4. The zero-order valence-corrected chi connectivity index (χ0v) is 9.69. The molecule has 0 unspecified atom stereocenters. The topological polar surface area (TPSA) is 39.2 Å². The van der Waals surface area contributed by atoms with Crippen LogP contribution in [-0.4, -0.2) is 17.6 Å². The molecule has 3 nitrogen and oxygen atoms in total. The van der Waals surface area contributed by atoms with Crippen LogP contribution >= 0.6 is 0 Å². The second kappa shape index (κ2) is 4.68. The number of rotatable bonds is 3. The average molecular weight is 251 g/mol. The predicted octanol–water partition coefficient (Wildman–Crippen LogP) is 2.89. The first-order valence-electron chi connectivity index (χ1n) is 5.46. The fourth-order valence-electron chi connectivity index (χ4n) is 1.60. The molecule has 0 aliphatic rings. The molecule has 2 rings (SSSR count). The van der Waals surface area contributed by atoms with Crippen molar-refractivity contribution in [3.8, 4) is 0 Å². The molecular formula is C13H11F2NO2. The number of carbonyl (C=O) groups is 1. The van der Waals surface area contributed by atoms with Crippen molar-refractivity contribution in [2.75, 3.05) is 6.61 Å². The number of pyridine rings is 1. The van der Waals surface area contributed by atoms with Gasteiger partial charge in [0.2, 0.25) is 0 Å². The number of fused-ring (bicyclic) bond motifs is 1. The fourth-order valence-corrected chi connectivity index (χ4v) is 1.60. The van der Waals surface area contributed by atoms with E-state index in [4.69, 9.17) is 0 Å². The average Bonchev–Trinajstić information content (AvgIpc) is 2.38. The minimum Gasteiger partial charge on any atom is -0.461 e. The number of aromatic nitrogens is 1. The van der Waals surface area contributed by atoms with E-state index in [1.54, 1.807) is 12.1 Å². The molecule has 0 spiro atoms. The van der Waals surface area contributed by atoms with E-state index in [-0.39, 0.29) is 6.61 Å². The van der Waals surface area contributed by atoms with Gasteiger partial charge in [-0.15, -0.1) is 0 Å². The van der Waals surface area contributed by atoms with Crippen molar-refractivity contribution in [1.82, 2.24) is 4.98 Å². The highest BCUT2D eigenvalue weighted by molar-refractivity contribution is 5.84. The molecule has 94 valence electrons. The number of esters is 1. The number of benzene rings is 1. The van der Waals surface area contributed by atoms with Crippen LogP contribution < -0.4 is 0 Å². The van der Waals surface area contributed by atoms with Gasteiger partial charge in [-0.1, -0.05) is 18.2 Å². The van der Waals surface area contributed by atoms with Crippen molar-refractivity contribution in [1.29, 1.82) is 0 Å². The Kier molecular flexibility index (Phi) is 3.23. The van der Waals surface area contributed by atoms with E-state index in [0.717, 1.165) is 5.39 Å². The number of carbonyl (C=O) groups excluding carboxylic acids is 1. The van der Waals surface area contributed by atoms with Gasteiger partial charge in [-0.3, -0.25) is 4.98 Å². The molecule has 0 aliphatic carbocycles. The number of halogens is 2. The molecule has 0 fully saturated rings. The molecule has 1 aromatic heterocycles. The van der Waals surface area contributed by atoms with Crippen molar-refractivity contribution in [2.24, 2.45) is 0 Å². The van der Waals surface area contributed by atoms with Crippen molar-refractivity contribution < 1.29 is 18.3 Å². The Morgan fingerprint density at radius 2 is 2.17 bits per heavy atom. The molecule has 0 atom stereocenters. The van der Waals surface area contributed by atoms with Gasteiger partial charge in [0.05, 0.1) is 12.1 Å². The number of alkyl halides is 2. The lowest BCUT2D eigenvalue weighted by atomic mass is 10.1. The van der Waals surface area contributed by atoms with Gasteiger partial charge >= 0.3 is 11.9 Å². The number of ether oxygens (including phenoxy) is 1. The molecular weight excluding hydrogens is 240 g/mol. The van der Waals surface area contributed by atoms with Crippen LogP contribution in [0.15, 0.2) is 36.5 Å². The van der Waals surface area contributed by atoms with Gasteiger partial charge in [0.25, 0.3) is 0 Å². The van der Waals surface area contributed by atoms with Crippen LogP contribution in [0.3, 0.4) is 0 Å². The van der Waals surface area contributed by atoms with Gasteiger partial charge in [0, 0.05) is 17.1 Å². The third-order valence-corrected chi connectivity index (χ3v) is 2.50. The molecule has 0 amide bonds. The van der Waals surface area contributed by atoms with E-state index in [1.807, 2.05) is 0 Å². The Labute approximate surface area is 102 Å². The van der Waals surface area contributed by atoms with E-state index in [9.17, 15) is 13.6 Å². The Morgan fingerprint density at radius 3 is 2.89 bits per heavy atom. The SMILES string of the molecule is CCOC(=O)C(F)(F)c1ccc2cccnc2c1. The molecule has 0 bridgehead atoms.